The quantitative estimate of drug-likeness (QED) is 0.534. The summed E-state index contributed by atoms with van der Waals surface area (Å²) in [7, 11) is 0. The molecular weight excluding hydrogens is 352 g/mol. The van der Waals surface area contributed by atoms with E-state index in [2.05, 4.69) is 20.9 Å². The number of aromatic hydroxyl groups is 1. The number of hydrogen-bond donors (Lipinski definition) is 4. The number of pyridine rings is 1. The van der Waals surface area contributed by atoms with Crippen LogP contribution in [-0.4, -0.2) is 42.2 Å². The van der Waals surface area contributed by atoms with E-state index in [1.54, 1.807) is 30.6 Å². The summed E-state index contributed by atoms with van der Waals surface area (Å²) in [6, 6.07) is 10.4. The summed E-state index contributed by atoms with van der Waals surface area (Å²) >= 11 is 0. The highest BCUT2D eigenvalue weighted by Crippen LogP contribution is 2.20. The van der Waals surface area contributed by atoms with Crippen LogP contribution >= 0.6 is 0 Å². The molecule has 1 aliphatic rings. The van der Waals surface area contributed by atoms with Gasteiger partial charge in [0.1, 0.15) is 11.8 Å². The summed E-state index contributed by atoms with van der Waals surface area (Å²) in [4.78, 5) is 16.9. The summed E-state index contributed by atoms with van der Waals surface area (Å²) in [6.45, 7) is 3.50. The van der Waals surface area contributed by atoms with Crippen molar-refractivity contribution in [1.82, 2.24) is 20.9 Å². The predicted octanol–water partition coefficient (Wildman–Crippen LogP) is 2.17. The minimum Gasteiger partial charge on any atom is -0.508 e. The number of benzene rings is 1. The van der Waals surface area contributed by atoms with Crippen molar-refractivity contribution in [2.45, 2.75) is 31.7 Å². The maximum atomic E-state index is 12.8. The third kappa shape index (κ3) is 6.32. The van der Waals surface area contributed by atoms with E-state index in [0.717, 1.165) is 43.6 Å². The molecule has 3 rings (SSSR count). The molecule has 0 bridgehead atoms. The highest BCUT2D eigenvalue weighted by Gasteiger charge is 2.21. The Morgan fingerprint density at radius 2 is 1.96 bits per heavy atom. The Kier molecular flexibility index (Phi) is 7.82. The number of carbonyl (C=O) groups excluding carboxylic acids is 1. The fourth-order valence-electron chi connectivity index (χ4n) is 3.65. The SMILES string of the molecule is O=C(NCCc1ccncc1)C(NCCC1CCNCC1)c1cccc(O)c1. The van der Waals surface area contributed by atoms with Crippen molar-refractivity contribution in [3.8, 4) is 5.75 Å². The molecule has 6 nitrogen and oxygen atoms in total. The smallest absolute Gasteiger partial charge is 0.241 e. The van der Waals surface area contributed by atoms with Crippen molar-refractivity contribution in [3.05, 3.63) is 59.9 Å². The van der Waals surface area contributed by atoms with Crippen LogP contribution in [0.15, 0.2) is 48.8 Å². The molecule has 150 valence electrons. The number of nitrogens with one attached hydrogen (secondary N) is 3. The molecule has 6 heteroatoms. The van der Waals surface area contributed by atoms with Gasteiger partial charge >= 0.3 is 0 Å². The molecule has 1 unspecified atom stereocenters. The average Bonchev–Trinajstić information content (AvgIpc) is 2.72. The Labute approximate surface area is 166 Å². The van der Waals surface area contributed by atoms with E-state index in [-0.39, 0.29) is 11.7 Å². The lowest BCUT2D eigenvalue weighted by Crippen LogP contribution is -2.39. The van der Waals surface area contributed by atoms with E-state index < -0.39 is 6.04 Å². The molecule has 1 aromatic carbocycles. The first-order chi connectivity index (χ1) is 13.7. The van der Waals surface area contributed by atoms with E-state index in [4.69, 9.17) is 0 Å². The molecule has 1 aliphatic heterocycles. The zero-order chi connectivity index (χ0) is 19.6. The number of rotatable bonds is 9. The molecule has 1 aromatic heterocycles. The first-order valence-electron chi connectivity index (χ1n) is 10.1. The molecule has 28 heavy (non-hydrogen) atoms. The Hall–Kier alpha value is -2.44. The lowest BCUT2D eigenvalue weighted by atomic mass is 9.94. The first kappa shape index (κ1) is 20.3. The van der Waals surface area contributed by atoms with Crippen LogP contribution in [0.25, 0.3) is 0 Å². The van der Waals surface area contributed by atoms with Crippen LogP contribution in [0.4, 0.5) is 0 Å². The van der Waals surface area contributed by atoms with Gasteiger partial charge in [-0.3, -0.25) is 9.78 Å². The Morgan fingerprint density at radius 3 is 2.71 bits per heavy atom. The maximum absolute atomic E-state index is 12.8. The summed E-state index contributed by atoms with van der Waals surface area (Å²) in [6.07, 6.45) is 7.72. The van der Waals surface area contributed by atoms with Crippen LogP contribution < -0.4 is 16.0 Å². The Morgan fingerprint density at radius 1 is 1.18 bits per heavy atom. The Balaban J connectivity index is 1.55. The Bertz CT molecular complexity index is 732. The molecule has 2 aromatic rings. The van der Waals surface area contributed by atoms with Gasteiger partial charge in [0.2, 0.25) is 5.91 Å². The molecule has 0 spiro atoms. The van der Waals surface area contributed by atoms with Crippen molar-refractivity contribution in [2.75, 3.05) is 26.2 Å². The number of amides is 1. The van der Waals surface area contributed by atoms with Crippen LogP contribution in [0.2, 0.25) is 0 Å². The second-order valence-corrected chi connectivity index (χ2v) is 7.36. The number of phenols is 1. The van der Waals surface area contributed by atoms with E-state index in [1.807, 2.05) is 18.2 Å². The van der Waals surface area contributed by atoms with Gasteiger partial charge in [-0.15, -0.1) is 0 Å². The number of piperidine rings is 1. The van der Waals surface area contributed by atoms with Gasteiger partial charge in [0.05, 0.1) is 0 Å². The zero-order valence-corrected chi connectivity index (χ0v) is 16.2. The fourth-order valence-corrected chi connectivity index (χ4v) is 3.65. The predicted molar refractivity (Wildman–Crippen MR) is 110 cm³/mol. The monoisotopic (exact) mass is 382 g/mol. The summed E-state index contributed by atoms with van der Waals surface area (Å²) < 4.78 is 0. The molecular formula is C22H30N4O2. The molecule has 1 amide bonds. The third-order valence-corrected chi connectivity index (χ3v) is 5.29. The van der Waals surface area contributed by atoms with Crippen molar-refractivity contribution in [2.24, 2.45) is 5.92 Å². The summed E-state index contributed by atoms with van der Waals surface area (Å²) in [5.74, 6) is 0.811. The van der Waals surface area contributed by atoms with Gasteiger partial charge in [-0.1, -0.05) is 12.1 Å². The van der Waals surface area contributed by atoms with Crippen molar-refractivity contribution < 1.29 is 9.90 Å². The molecule has 1 fully saturated rings. The van der Waals surface area contributed by atoms with Gasteiger partial charge in [0.15, 0.2) is 0 Å². The minimum atomic E-state index is -0.466. The number of carbonyl (C=O) groups is 1. The van der Waals surface area contributed by atoms with Crippen LogP contribution in [0.5, 0.6) is 5.75 Å². The second-order valence-electron chi connectivity index (χ2n) is 7.36. The molecule has 0 radical (unpaired) electrons. The van der Waals surface area contributed by atoms with Crippen LogP contribution in [0, 0.1) is 5.92 Å². The lowest BCUT2D eigenvalue weighted by molar-refractivity contribution is -0.123. The minimum absolute atomic E-state index is 0.0648. The third-order valence-electron chi connectivity index (χ3n) is 5.29. The molecule has 0 aliphatic carbocycles. The normalized spacial score (nSPS) is 15.9. The highest BCUT2D eigenvalue weighted by atomic mass is 16.3. The average molecular weight is 383 g/mol. The molecule has 1 saturated heterocycles. The number of hydrogen-bond acceptors (Lipinski definition) is 5. The van der Waals surface area contributed by atoms with Crippen LogP contribution in [0.3, 0.4) is 0 Å². The highest BCUT2D eigenvalue weighted by molar-refractivity contribution is 5.83. The molecule has 4 N–H and O–H groups in total. The van der Waals surface area contributed by atoms with Gasteiger partial charge in [-0.05, 0) is 86.6 Å². The van der Waals surface area contributed by atoms with Gasteiger partial charge in [-0.25, -0.2) is 0 Å². The second kappa shape index (κ2) is 10.8. The number of nitrogens with zero attached hydrogens (tertiary/aromatic N) is 1. The van der Waals surface area contributed by atoms with E-state index in [1.165, 1.54) is 12.8 Å². The van der Waals surface area contributed by atoms with Gasteiger partial charge in [0.25, 0.3) is 0 Å². The van der Waals surface area contributed by atoms with Crippen molar-refractivity contribution >= 4 is 5.91 Å². The van der Waals surface area contributed by atoms with Gasteiger partial charge < -0.3 is 21.1 Å². The van der Waals surface area contributed by atoms with Crippen molar-refractivity contribution in [3.63, 3.8) is 0 Å². The molecule has 0 saturated carbocycles. The fraction of sp³-hybridized carbons (Fsp3) is 0.455. The van der Waals surface area contributed by atoms with Crippen molar-refractivity contribution in [1.29, 1.82) is 0 Å². The van der Waals surface area contributed by atoms with Crippen LogP contribution in [0.1, 0.15) is 36.4 Å². The van der Waals surface area contributed by atoms with E-state index in [0.29, 0.717) is 12.5 Å². The standard InChI is InChI=1S/C22H30N4O2/c27-20-3-1-2-19(16-20)21(25-14-8-17-4-10-23-11-5-17)22(28)26-15-9-18-6-12-24-13-7-18/h1-3,6-7,12-13,16-17,21,23,25,27H,4-5,8-11,14-15H2,(H,26,28). The first-order valence-corrected chi connectivity index (χ1v) is 10.1. The lowest BCUT2D eigenvalue weighted by Gasteiger charge is -2.24. The summed E-state index contributed by atoms with van der Waals surface area (Å²) in [5, 5.41) is 19.6. The molecule has 1 atom stereocenters. The maximum Gasteiger partial charge on any atom is 0.241 e. The van der Waals surface area contributed by atoms with E-state index in [9.17, 15) is 9.90 Å². The largest absolute Gasteiger partial charge is 0.508 e. The number of phenolic OH excluding ortho intramolecular Hbond substituents is 1. The number of aromatic nitrogens is 1. The van der Waals surface area contributed by atoms with E-state index >= 15 is 0 Å². The summed E-state index contributed by atoms with van der Waals surface area (Å²) in [5.41, 5.74) is 1.93. The topological polar surface area (TPSA) is 86.3 Å². The van der Waals surface area contributed by atoms with Gasteiger partial charge in [-0.2, -0.15) is 0 Å². The van der Waals surface area contributed by atoms with Crippen LogP contribution in [-0.2, 0) is 11.2 Å². The van der Waals surface area contributed by atoms with Gasteiger partial charge in [0, 0.05) is 18.9 Å². The molecule has 2 heterocycles. The zero-order valence-electron chi connectivity index (χ0n) is 16.2.